The lowest BCUT2D eigenvalue weighted by molar-refractivity contribution is -0.0419. The minimum absolute atomic E-state index is 0.0246. The van der Waals surface area contributed by atoms with E-state index in [9.17, 15) is 4.79 Å². The molecule has 3 aliphatic heterocycles. The molecule has 5 rings (SSSR count). The molecule has 1 aliphatic carbocycles. The van der Waals surface area contributed by atoms with Crippen molar-refractivity contribution in [2.75, 3.05) is 26.2 Å². The van der Waals surface area contributed by atoms with Crippen LogP contribution in [0.2, 0.25) is 0 Å². The van der Waals surface area contributed by atoms with Gasteiger partial charge >= 0.3 is 0 Å². The maximum atomic E-state index is 12.7. The summed E-state index contributed by atoms with van der Waals surface area (Å²) < 4.78 is 5.60. The monoisotopic (exact) mass is 300 g/mol. The summed E-state index contributed by atoms with van der Waals surface area (Å²) in [5.74, 6) is 2.84. The van der Waals surface area contributed by atoms with Gasteiger partial charge in [0.05, 0.1) is 12.2 Å². The topological polar surface area (TPSA) is 41.6 Å². The third-order valence-corrected chi connectivity index (χ3v) is 5.52. The standard InChI is InChI=1S/C18H24N2O2/c1-2-22-16-6-4-3-5-15(16)18(21)19-17-13-7-12-8-14(17)11-20(9-12)10-13/h3-6,12-14,17H,2,7-11H2,1H3,(H,19,21). The predicted octanol–water partition coefficient (Wildman–Crippen LogP) is 2.16. The Morgan fingerprint density at radius 2 is 1.95 bits per heavy atom. The van der Waals surface area contributed by atoms with Crippen molar-refractivity contribution in [2.45, 2.75) is 25.8 Å². The Labute approximate surface area is 131 Å². The molecule has 1 aromatic carbocycles. The SMILES string of the molecule is CCOc1ccccc1C(=O)NC1C2CC3CC1CN(C3)C2. The Hall–Kier alpha value is -1.55. The van der Waals surface area contributed by atoms with Crippen LogP contribution < -0.4 is 10.1 Å². The zero-order valence-electron chi connectivity index (χ0n) is 13.1. The van der Waals surface area contributed by atoms with Crippen LogP contribution in [-0.2, 0) is 0 Å². The molecule has 118 valence electrons. The number of carbonyl (C=O) groups is 1. The molecule has 0 aromatic heterocycles. The molecule has 4 aliphatic rings. The number of hydrogen-bond donors (Lipinski definition) is 1. The Morgan fingerprint density at radius 1 is 1.23 bits per heavy atom. The minimum Gasteiger partial charge on any atom is -0.493 e. The van der Waals surface area contributed by atoms with Gasteiger partial charge in [0, 0.05) is 25.7 Å². The van der Waals surface area contributed by atoms with Crippen LogP contribution in [-0.4, -0.2) is 43.1 Å². The van der Waals surface area contributed by atoms with Crippen LogP contribution in [0.4, 0.5) is 0 Å². The van der Waals surface area contributed by atoms with Crippen molar-refractivity contribution in [2.24, 2.45) is 17.8 Å². The molecule has 4 fully saturated rings. The van der Waals surface area contributed by atoms with E-state index in [-0.39, 0.29) is 5.91 Å². The molecular weight excluding hydrogens is 276 g/mol. The van der Waals surface area contributed by atoms with Gasteiger partial charge in [-0.25, -0.2) is 0 Å². The number of nitrogens with one attached hydrogen (secondary N) is 1. The summed E-state index contributed by atoms with van der Waals surface area (Å²) in [4.78, 5) is 15.3. The first-order valence-corrected chi connectivity index (χ1v) is 8.49. The Kier molecular flexibility index (Phi) is 3.57. The lowest BCUT2D eigenvalue weighted by atomic mass is 9.65. The second-order valence-corrected chi connectivity index (χ2v) is 7.00. The highest BCUT2D eigenvalue weighted by Gasteiger charge is 2.47. The quantitative estimate of drug-likeness (QED) is 0.926. The molecule has 22 heavy (non-hydrogen) atoms. The fraction of sp³-hybridized carbons (Fsp3) is 0.611. The molecule has 1 amide bonds. The summed E-state index contributed by atoms with van der Waals surface area (Å²) in [7, 11) is 0. The van der Waals surface area contributed by atoms with E-state index in [2.05, 4.69) is 10.2 Å². The van der Waals surface area contributed by atoms with Crippen molar-refractivity contribution < 1.29 is 9.53 Å². The molecule has 2 atom stereocenters. The largest absolute Gasteiger partial charge is 0.493 e. The number of hydrogen-bond acceptors (Lipinski definition) is 3. The number of para-hydroxylation sites is 1. The zero-order chi connectivity index (χ0) is 15.1. The van der Waals surface area contributed by atoms with E-state index < -0.39 is 0 Å². The lowest BCUT2D eigenvalue weighted by Gasteiger charge is -2.55. The van der Waals surface area contributed by atoms with Gasteiger partial charge in [-0.05, 0) is 49.7 Å². The molecule has 2 unspecified atom stereocenters. The molecule has 1 aromatic rings. The van der Waals surface area contributed by atoms with Gasteiger partial charge in [0.25, 0.3) is 5.91 Å². The summed E-state index contributed by atoms with van der Waals surface area (Å²) in [5, 5.41) is 3.33. The first-order chi connectivity index (χ1) is 10.7. The van der Waals surface area contributed by atoms with Gasteiger partial charge < -0.3 is 15.0 Å². The minimum atomic E-state index is 0.0246. The van der Waals surface area contributed by atoms with E-state index in [4.69, 9.17) is 4.74 Å². The average Bonchev–Trinajstić information content (AvgIpc) is 2.51. The Morgan fingerprint density at radius 3 is 2.64 bits per heavy atom. The fourth-order valence-electron chi connectivity index (χ4n) is 4.81. The highest BCUT2D eigenvalue weighted by Crippen LogP contribution is 2.43. The van der Waals surface area contributed by atoms with Crippen molar-refractivity contribution in [3.8, 4) is 5.75 Å². The van der Waals surface area contributed by atoms with Gasteiger partial charge in [0.2, 0.25) is 0 Å². The van der Waals surface area contributed by atoms with Gasteiger partial charge in [-0.15, -0.1) is 0 Å². The third kappa shape index (κ3) is 2.39. The molecule has 4 heteroatoms. The van der Waals surface area contributed by atoms with Gasteiger partial charge in [0.1, 0.15) is 5.75 Å². The van der Waals surface area contributed by atoms with Gasteiger partial charge in [-0.2, -0.15) is 0 Å². The Balaban J connectivity index is 1.51. The summed E-state index contributed by atoms with van der Waals surface area (Å²) in [5.41, 5.74) is 0.665. The maximum absolute atomic E-state index is 12.7. The van der Waals surface area contributed by atoms with Gasteiger partial charge in [-0.1, -0.05) is 12.1 Å². The van der Waals surface area contributed by atoms with Gasteiger partial charge in [-0.3, -0.25) is 4.79 Å². The van der Waals surface area contributed by atoms with Crippen molar-refractivity contribution in [1.29, 1.82) is 0 Å². The molecule has 4 nitrogen and oxygen atoms in total. The number of benzene rings is 1. The number of rotatable bonds is 4. The normalized spacial score (nSPS) is 35.4. The van der Waals surface area contributed by atoms with Crippen LogP contribution in [0, 0.1) is 17.8 Å². The van der Waals surface area contributed by atoms with E-state index >= 15 is 0 Å². The maximum Gasteiger partial charge on any atom is 0.255 e. The fourth-order valence-corrected chi connectivity index (χ4v) is 4.81. The summed E-state index contributed by atoms with van der Waals surface area (Å²) in [6.45, 7) is 6.12. The lowest BCUT2D eigenvalue weighted by Crippen LogP contribution is -2.64. The summed E-state index contributed by atoms with van der Waals surface area (Å²) in [6, 6.07) is 7.90. The van der Waals surface area contributed by atoms with E-state index in [1.807, 2.05) is 31.2 Å². The third-order valence-electron chi connectivity index (χ3n) is 5.52. The van der Waals surface area contributed by atoms with Crippen LogP contribution in [0.1, 0.15) is 30.1 Å². The second-order valence-electron chi connectivity index (χ2n) is 7.00. The Bertz CT molecular complexity index is 544. The zero-order valence-corrected chi connectivity index (χ0v) is 13.1. The van der Waals surface area contributed by atoms with Crippen LogP contribution >= 0.6 is 0 Å². The first kappa shape index (κ1) is 14.1. The van der Waals surface area contributed by atoms with E-state index in [0.717, 1.165) is 19.0 Å². The summed E-state index contributed by atoms with van der Waals surface area (Å²) >= 11 is 0. The van der Waals surface area contributed by atoms with Crippen LogP contribution in [0.25, 0.3) is 0 Å². The molecule has 3 heterocycles. The van der Waals surface area contributed by atoms with E-state index in [1.165, 1.54) is 19.4 Å². The first-order valence-electron chi connectivity index (χ1n) is 8.49. The average molecular weight is 300 g/mol. The van der Waals surface area contributed by atoms with E-state index in [1.54, 1.807) is 0 Å². The molecule has 0 spiro atoms. The highest BCUT2D eigenvalue weighted by atomic mass is 16.5. The number of nitrogens with zero attached hydrogens (tertiary/aromatic N) is 1. The molecule has 1 saturated carbocycles. The van der Waals surface area contributed by atoms with Crippen molar-refractivity contribution in [1.82, 2.24) is 10.2 Å². The molecule has 4 bridgehead atoms. The van der Waals surface area contributed by atoms with Crippen molar-refractivity contribution in [3.05, 3.63) is 29.8 Å². The molecular formula is C18H24N2O2. The number of amides is 1. The molecule has 3 saturated heterocycles. The predicted molar refractivity (Wildman–Crippen MR) is 85.0 cm³/mol. The smallest absolute Gasteiger partial charge is 0.255 e. The van der Waals surface area contributed by atoms with E-state index in [0.29, 0.717) is 35.8 Å². The second kappa shape index (κ2) is 5.58. The van der Waals surface area contributed by atoms with Crippen molar-refractivity contribution >= 4 is 5.91 Å². The van der Waals surface area contributed by atoms with Crippen LogP contribution in [0.3, 0.4) is 0 Å². The molecule has 1 N–H and O–H groups in total. The number of piperidine rings is 3. The highest BCUT2D eigenvalue weighted by molar-refractivity contribution is 5.97. The van der Waals surface area contributed by atoms with Gasteiger partial charge in [0.15, 0.2) is 0 Å². The van der Waals surface area contributed by atoms with Crippen molar-refractivity contribution in [3.63, 3.8) is 0 Å². The molecule has 0 radical (unpaired) electrons. The van der Waals surface area contributed by atoms with Crippen LogP contribution in [0.15, 0.2) is 24.3 Å². The number of carbonyl (C=O) groups excluding carboxylic acids is 1. The van der Waals surface area contributed by atoms with Crippen LogP contribution in [0.5, 0.6) is 5.75 Å². The number of ether oxygens (including phenoxy) is 1. The summed E-state index contributed by atoms with van der Waals surface area (Å²) in [6.07, 6.45) is 2.57.